The first-order chi connectivity index (χ1) is 7.11. The molecule has 1 N–H and O–H groups in total. The number of hydrogen-bond acceptors (Lipinski definition) is 5. The van der Waals surface area contributed by atoms with Crippen LogP contribution in [0.1, 0.15) is 6.92 Å². The van der Waals surface area contributed by atoms with Crippen LogP contribution in [0.15, 0.2) is 0 Å². The summed E-state index contributed by atoms with van der Waals surface area (Å²) in [4.78, 5) is 1.78. The van der Waals surface area contributed by atoms with E-state index in [9.17, 15) is 5.11 Å². The van der Waals surface area contributed by atoms with Gasteiger partial charge in [0.15, 0.2) is 0 Å². The second-order valence-electron chi connectivity index (χ2n) is 3.47. The van der Waals surface area contributed by atoms with Crippen LogP contribution in [0.4, 0.5) is 0 Å². The van der Waals surface area contributed by atoms with Crippen LogP contribution in [-0.4, -0.2) is 62.7 Å². The molecule has 2 atom stereocenters. The largest absolute Gasteiger partial charge is 0.389 e. The molecule has 0 spiro atoms. The minimum atomic E-state index is -0.567. The van der Waals surface area contributed by atoms with Crippen molar-refractivity contribution in [3.8, 4) is 6.07 Å². The van der Waals surface area contributed by atoms with Gasteiger partial charge in [0.1, 0.15) is 0 Å². The first-order valence-electron chi connectivity index (χ1n) is 4.96. The molecule has 0 saturated carbocycles. The highest BCUT2D eigenvalue weighted by molar-refractivity contribution is 4.87. The van der Waals surface area contributed by atoms with Gasteiger partial charge in [0, 0.05) is 13.7 Å². The molecule has 0 heterocycles. The number of nitrogens with zero attached hydrogens (tertiary/aromatic N) is 2. The van der Waals surface area contributed by atoms with Gasteiger partial charge in [-0.3, -0.25) is 4.90 Å². The first-order valence-corrected chi connectivity index (χ1v) is 4.96. The summed E-state index contributed by atoms with van der Waals surface area (Å²) in [5.74, 6) is 0. The molecule has 0 saturated heterocycles. The normalized spacial score (nSPS) is 14.9. The number of methoxy groups -OCH3 is 1. The number of likely N-dealkylation sites (N-methyl/N-ethyl adjacent to an activating group) is 1. The average molecular weight is 216 g/mol. The quantitative estimate of drug-likeness (QED) is 0.572. The average Bonchev–Trinajstić information content (AvgIpc) is 2.23. The zero-order valence-electron chi connectivity index (χ0n) is 9.64. The van der Waals surface area contributed by atoms with Crippen molar-refractivity contribution in [3.05, 3.63) is 0 Å². The van der Waals surface area contributed by atoms with Crippen LogP contribution in [-0.2, 0) is 9.47 Å². The molecule has 88 valence electrons. The molecular weight excluding hydrogens is 196 g/mol. The number of aliphatic hydroxyl groups excluding tert-OH is 1. The molecule has 0 aromatic rings. The Kier molecular flexibility index (Phi) is 8.24. The van der Waals surface area contributed by atoms with E-state index >= 15 is 0 Å². The molecule has 0 aromatic carbocycles. The SMILES string of the molecule is COCCOCC(O)CN(C)C(C)C#N. The lowest BCUT2D eigenvalue weighted by Gasteiger charge is -2.22. The van der Waals surface area contributed by atoms with Crippen molar-refractivity contribution >= 4 is 0 Å². The molecule has 0 aromatic heterocycles. The van der Waals surface area contributed by atoms with Crippen LogP contribution >= 0.6 is 0 Å². The van der Waals surface area contributed by atoms with E-state index in [2.05, 4.69) is 6.07 Å². The molecule has 5 heteroatoms. The van der Waals surface area contributed by atoms with Crippen LogP contribution in [0.2, 0.25) is 0 Å². The van der Waals surface area contributed by atoms with E-state index in [0.717, 1.165) is 0 Å². The van der Waals surface area contributed by atoms with Gasteiger partial charge in [0.05, 0.1) is 38.0 Å². The Hall–Kier alpha value is -0.670. The lowest BCUT2D eigenvalue weighted by Crippen LogP contribution is -2.37. The molecule has 0 aliphatic rings. The molecule has 0 bridgehead atoms. The minimum Gasteiger partial charge on any atom is -0.389 e. The molecule has 5 nitrogen and oxygen atoms in total. The summed E-state index contributed by atoms with van der Waals surface area (Å²) in [6.07, 6.45) is -0.567. The molecular formula is C10H20N2O3. The Morgan fingerprint density at radius 1 is 1.47 bits per heavy atom. The predicted molar refractivity (Wildman–Crippen MR) is 56.4 cm³/mol. The van der Waals surface area contributed by atoms with Gasteiger partial charge in [-0.25, -0.2) is 0 Å². The highest BCUT2D eigenvalue weighted by Crippen LogP contribution is 1.96. The number of aliphatic hydroxyl groups is 1. The monoisotopic (exact) mass is 216 g/mol. The smallest absolute Gasteiger partial charge is 0.0947 e. The summed E-state index contributed by atoms with van der Waals surface area (Å²) in [6, 6.07) is 1.90. The predicted octanol–water partition coefficient (Wildman–Crippen LogP) is -0.146. The molecule has 0 amide bonds. The molecule has 0 radical (unpaired) electrons. The Morgan fingerprint density at radius 3 is 2.67 bits per heavy atom. The van der Waals surface area contributed by atoms with Crippen LogP contribution in [0.25, 0.3) is 0 Å². The molecule has 0 rings (SSSR count). The van der Waals surface area contributed by atoms with Crippen molar-refractivity contribution < 1.29 is 14.6 Å². The molecule has 0 aliphatic carbocycles. The fourth-order valence-electron chi connectivity index (χ4n) is 1.00. The van der Waals surface area contributed by atoms with E-state index in [1.807, 2.05) is 0 Å². The first kappa shape index (κ1) is 14.3. The lowest BCUT2D eigenvalue weighted by molar-refractivity contribution is 0.000713. The van der Waals surface area contributed by atoms with Gasteiger partial charge in [-0.2, -0.15) is 5.26 Å². The van der Waals surface area contributed by atoms with Crippen molar-refractivity contribution in [1.29, 1.82) is 5.26 Å². The summed E-state index contributed by atoms with van der Waals surface area (Å²) in [5.41, 5.74) is 0. The van der Waals surface area contributed by atoms with E-state index in [-0.39, 0.29) is 12.6 Å². The third-order valence-corrected chi connectivity index (χ3v) is 2.09. The fraction of sp³-hybridized carbons (Fsp3) is 0.900. The zero-order valence-corrected chi connectivity index (χ0v) is 9.64. The summed E-state index contributed by atoms with van der Waals surface area (Å²) < 4.78 is 9.97. The van der Waals surface area contributed by atoms with Crippen LogP contribution in [0.5, 0.6) is 0 Å². The number of hydrogen-bond donors (Lipinski definition) is 1. The summed E-state index contributed by atoms with van der Waals surface area (Å²) >= 11 is 0. The number of ether oxygens (including phenoxy) is 2. The minimum absolute atomic E-state index is 0.196. The summed E-state index contributed by atoms with van der Waals surface area (Å²) in [5, 5.41) is 18.2. The van der Waals surface area contributed by atoms with Gasteiger partial charge < -0.3 is 14.6 Å². The van der Waals surface area contributed by atoms with Gasteiger partial charge in [0.2, 0.25) is 0 Å². The highest BCUT2D eigenvalue weighted by Gasteiger charge is 2.12. The van der Waals surface area contributed by atoms with E-state index in [1.165, 1.54) is 0 Å². The van der Waals surface area contributed by atoms with Crippen molar-refractivity contribution in [2.45, 2.75) is 19.1 Å². The maximum absolute atomic E-state index is 9.55. The topological polar surface area (TPSA) is 65.7 Å². The zero-order chi connectivity index (χ0) is 11.7. The maximum Gasteiger partial charge on any atom is 0.0947 e. The summed E-state index contributed by atoms with van der Waals surface area (Å²) in [6.45, 7) is 3.49. The van der Waals surface area contributed by atoms with E-state index in [4.69, 9.17) is 14.7 Å². The van der Waals surface area contributed by atoms with Gasteiger partial charge in [0.25, 0.3) is 0 Å². The maximum atomic E-state index is 9.55. The van der Waals surface area contributed by atoms with Gasteiger partial charge in [-0.15, -0.1) is 0 Å². The van der Waals surface area contributed by atoms with Crippen molar-refractivity contribution in [2.75, 3.05) is 40.5 Å². The number of nitriles is 1. The fourth-order valence-corrected chi connectivity index (χ4v) is 1.00. The van der Waals surface area contributed by atoms with Crippen LogP contribution < -0.4 is 0 Å². The molecule has 2 unspecified atom stereocenters. The van der Waals surface area contributed by atoms with E-state index in [0.29, 0.717) is 19.8 Å². The van der Waals surface area contributed by atoms with Gasteiger partial charge in [-0.05, 0) is 14.0 Å². The van der Waals surface area contributed by atoms with Crippen LogP contribution in [0, 0.1) is 11.3 Å². The standard InChI is InChI=1S/C10H20N2O3/c1-9(6-11)12(2)7-10(13)8-15-5-4-14-3/h9-10,13H,4-5,7-8H2,1-3H3. The third-order valence-electron chi connectivity index (χ3n) is 2.09. The Bertz CT molecular complexity index is 194. The van der Waals surface area contributed by atoms with Crippen molar-refractivity contribution in [3.63, 3.8) is 0 Å². The van der Waals surface area contributed by atoms with Crippen molar-refractivity contribution in [2.24, 2.45) is 0 Å². The molecule has 0 fully saturated rings. The molecule has 0 aliphatic heterocycles. The lowest BCUT2D eigenvalue weighted by atomic mass is 10.3. The summed E-state index contributed by atoms with van der Waals surface area (Å²) in [7, 11) is 3.40. The number of rotatable bonds is 8. The second-order valence-corrected chi connectivity index (χ2v) is 3.47. The Balaban J connectivity index is 3.56. The van der Waals surface area contributed by atoms with E-state index in [1.54, 1.807) is 26.0 Å². The van der Waals surface area contributed by atoms with E-state index < -0.39 is 6.10 Å². The van der Waals surface area contributed by atoms with Crippen molar-refractivity contribution in [1.82, 2.24) is 4.90 Å². The Morgan fingerprint density at radius 2 is 2.13 bits per heavy atom. The van der Waals surface area contributed by atoms with Crippen LogP contribution in [0.3, 0.4) is 0 Å². The molecule has 15 heavy (non-hydrogen) atoms. The second kappa shape index (κ2) is 8.62. The van der Waals surface area contributed by atoms with Gasteiger partial charge in [-0.1, -0.05) is 0 Å². The highest BCUT2D eigenvalue weighted by atomic mass is 16.5. The third kappa shape index (κ3) is 7.28. The Labute approximate surface area is 91.2 Å². The van der Waals surface area contributed by atoms with Gasteiger partial charge >= 0.3 is 0 Å².